The predicted octanol–water partition coefficient (Wildman–Crippen LogP) is 2.94. The lowest BCUT2D eigenvalue weighted by Crippen LogP contribution is -1.89. The van der Waals surface area contributed by atoms with Crippen LogP contribution < -0.4 is 0 Å². The molecule has 0 saturated carbocycles. The average molecular weight is 325 g/mol. The third kappa shape index (κ3) is 2.65. The van der Waals surface area contributed by atoms with Gasteiger partial charge in [0.1, 0.15) is 32.5 Å². The smallest absolute Gasteiger partial charge is 0.143 e. The van der Waals surface area contributed by atoms with E-state index in [1.807, 2.05) is 16.1 Å². The summed E-state index contributed by atoms with van der Waals surface area (Å²) in [6.07, 6.45) is -0.556. The Morgan fingerprint density at radius 2 is 1.65 bits per heavy atom. The van der Waals surface area contributed by atoms with Gasteiger partial charge >= 0.3 is 0 Å². The first kappa shape index (κ1) is 13.8. The Morgan fingerprint density at radius 3 is 2.30 bits per heavy atom. The van der Waals surface area contributed by atoms with Crippen molar-refractivity contribution in [1.29, 1.82) is 0 Å². The van der Waals surface area contributed by atoms with Crippen molar-refractivity contribution in [1.82, 2.24) is 15.0 Å². The molecule has 8 heteroatoms. The summed E-state index contributed by atoms with van der Waals surface area (Å²) in [6, 6.07) is 0. The third-order valence-corrected chi connectivity index (χ3v) is 5.33. The van der Waals surface area contributed by atoms with Gasteiger partial charge in [0.25, 0.3) is 0 Å². The monoisotopic (exact) mass is 325 g/mol. The molecule has 0 amide bonds. The van der Waals surface area contributed by atoms with Crippen molar-refractivity contribution in [3.05, 3.63) is 26.8 Å². The summed E-state index contributed by atoms with van der Waals surface area (Å²) in [5.41, 5.74) is 2.23. The largest absolute Gasteiger partial charge is 0.390 e. The third-order valence-electron chi connectivity index (χ3n) is 2.54. The van der Waals surface area contributed by atoms with Gasteiger partial charge < -0.3 is 10.2 Å². The molecule has 3 aromatic rings. The second kappa shape index (κ2) is 5.66. The van der Waals surface area contributed by atoms with E-state index in [9.17, 15) is 5.11 Å². The number of aromatic nitrogens is 3. The van der Waals surface area contributed by atoms with Gasteiger partial charge in [-0.15, -0.1) is 34.0 Å². The van der Waals surface area contributed by atoms with Crippen molar-refractivity contribution in [3.63, 3.8) is 0 Å². The molecule has 2 N–H and O–H groups in total. The Morgan fingerprint density at radius 1 is 1.00 bits per heavy atom. The quantitative estimate of drug-likeness (QED) is 0.771. The van der Waals surface area contributed by atoms with Crippen LogP contribution in [0.2, 0.25) is 0 Å². The first-order valence-electron chi connectivity index (χ1n) is 5.82. The molecule has 1 atom stereocenters. The SMILES string of the molecule is C[C@@H](O)c1nc(-c2nc(-c3nc(CO)cs3)cs2)cs1. The van der Waals surface area contributed by atoms with E-state index in [0.29, 0.717) is 10.7 Å². The molecule has 0 aliphatic rings. The van der Waals surface area contributed by atoms with Gasteiger partial charge in [0.2, 0.25) is 0 Å². The summed E-state index contributed by atoms with van der Waals surface area (Å²) >= 11 is 4.38. The maximum atomic E-state index is 9.50. The minimum atomic E-state index is -0.556. The van der Waals surface area contributed by atoms with Crippen molar-refractivity contribution in [2.24, 2.45) is 0 Å². The number of nitrogens with zero attached hydrogens (tertiary/aromatic N) is 3. The van der Waals surface area contributed by atoms with Crippen LogP contribution in [0.25, 0.3) is 21.4 Å². The van der Waals surface area contributed by atoms with Gasteiger partial charge in [-0.3, -0.25) is 0 Å². The maximum absolute atomic E-state index is 9.50. The highest BCUT2D eigenvalue weighted by Gasteiger charge is 2.14. The van der Waals surface area contributed by atoms with E-state index in [1.54, 1.807) is 6.92 Å². The van der Waals surface area contributed by atoms with Crippen LogP contribution in [0, 0.1) is 0 Å². The number of hydrogen-bond acceptors (Lipinski definition) is 8. The van der Waals surface area contributed by atoms with Gasteiger partial charge in [0, 0.05) is 16.1 Å². The highest BCUT2D eigenvalue weighted by molar-refractivity contribution is 7.16. The summed E-state index contributed by atoms with van der Waals surface area (Å²) in [6.45, 7) is 1.64. The lowest BCUT2D eigenvalue weighted by molar-refractivity contribution is 0.199. The fourth-order valence-electron chi connectivity index (χ4n) is 1.56. The van der Waals surface area contributed by atoms with Crippen molar-refractivity contribution >= 4 is 34.0 Å². The van der Waals surface area contributed by atoms with Crippen molar-refractivity contribution < 1.29 is 10.2 Å². The molecule has 5 nitrogen and oxygen atoms in total. The molecule has 0 spiro atoms. The van der Waals surface area contributed by atoms with Gasteiger partial charge in [-0.05, 0) is 6.92 Å². The van der Waals surface area contributed by atoms with E-state index in [1.165, 1.54) is 34.0 Å². The number of aliphatic hydroxyl groups excluding tert-OH is 2. The number of thiazole rings is 3. The highest BCUT2D eigenvalue weighted by atomic mass is 32.1. The van der Waals surface area contributed by atoms with Crippen LogP contribution in [0.5, 0.6) is 0 Å². The van der Waals surface area contributed by atoms with Crippen LogP contribution in [0.15, 0.2) is 16.1 Å². The van der Waals surface area contributed by atoms with E-state index in [-0.39, 0.29) is 6.61 Å². The van der Waals surface area contributed by atoms with Gasteiger partial charge in [-0.2, -0.15) is 0 Å². The van der Waals surface area contributed by atoms with Crippen molar-refractivity contribution in [2.75, 3.05) is 0 Å². The van der Waals surface area contributed by atoms with Gasteiger partial charge in [-0.1, -0.05) is 0 Å². The maximum Gasteiger partial charge on any atom is 0.143 e. The summed E-state index contributed by atoms with van der Waals surface area (Å²) in [4.78, 5) is 13.2. The van der Waals surface area contributed by atoms with Crippen molar-refractivity contribution in [2.45, 2.75) is 19.6 Å². The Bertz CT molecular complexity index is 717. The molecule has 3 heterocycles. The molecule has 0 saturated heterocycles. The number of hydrogen-bond donors (Lipinski definition) is 2. The topological polar surface area (TPSA) is 79.1 Å². The van der Waals surface area contributed by atoms with Crippen molar-refractivity contribution in [3.8, 4) is 21.4 Å². The number of aliphatic hydroxyl groups is 2. The summed E-state index contributed by atoms with van der Waals surface area (Å²) in [5, 5.41) is 26.5. The lowest BCUT2D eigenvalue weighted by Gasteiger charge is -1.95. The highest BCUT2D eigenvalue weighted by Crippen LogP contribution is 2.32. The lowest BCUT2D eigenvalue weighted by atomic mass is 10.4. The Labute approximate surface area is 127 Å². The van der Waals surface area contributed by atoms with E-state index in [0.717, 1.165) is 21.4 Å². The molecule has 3 rings (SSSR count). The molecule has 0 aliphatic carbocycles. The molecule has 3 aromatic heterocycles. The molecular formula is C12H11N3O2S3. The van der Waals surface area contributed by atoms with Gasteiger partial charge in [0.15, 0.2) is 0 Å². The van der Waals surface area contributed by atoms with Crippen LogP contribution in [-0.2, 0) is 6.61 Å². The van der Waals surface area contributed by atoms with E-state index in [2.05, 4.69) is 15.0 Å². The van der Waals surface area contributed by atoms with Gasteiger partial charge in [-0.25, -0.2) is 15.0 Å². The fourth-order valence-corrected chi connectivity index (χ4v) is 3.99. The molecule has 0 fully saturated rings. The van der Waals surface area contributed by atoms with E-state index < -0.39 is 6.10 Å². The first-order valence-corrected chi connectivity index (χ1v) is 8.46. The van der Waals surface area contributed by atoms with E-state index in [4.69, 9.17) is 5.11 Å². The van der Waals surface area contributed by atoms with E-state index >= 15 is 0 Å². The summed E-state index contributed by atoms with van der Waals surface area (Å²) in [7, 11) is 0. The predicted molar refractivity (Wildman–Crippen MR) is 80.9 cm³/mol. The first-order chi connectivity index (χ1) is 9.67. The van der Waals surface area contributed by atoms with Crippen LogP contribution in [0.4, 0.5) is 0 Å². The minimum Gasteiger partial charge on any atom is -0.390 e. The zero-order chi connectivity index (χ0) is 14.1. The average Bonchev–Trinajstić information content (AvgIpc) is 3.17. The summed E-state index contributed by atoms with van der Waals surface area (Å²) in [5.74, 6) is 0. The molecule has 0 radical (unpaired) electrons. The molecule has 104 valence electrons. The molecule has 20 heavy (non-hydrogen) atoms. The molecule has 0 bridgehead atoms. The van der Waals surface area contributed by atoms with Crippen LogP contribution in [0.1, 0.15) is 23.7 Å². The van der Waals surface area contributed by atoms with Crippen LogP contribution >= 0.6 is 34.0 Å². The van der Waals surface area contributed by atoms with Crippen LogP contribution in [-0.4, -0.2) is 25.2 Å². The molecule has 0 unspecified atom stereocenters. The molecule has 0 aromatic carbocycles. The number of rotatable bonds is 4. The zero-order valence-corrected chi connectivity index (χ0v) is 12.9. The molecule has 0 aliphatic heterocycles. The fraction of sp³-hybridized carbons (Fsp3) is 0.250. The van der Waals surface area contributed by atoms with Gasteiger partial charge in [0.05, 0.1) is 12.3 Å². The Balaban J connectivity index is 1.89. The standard InChI is InChI=1S/C12H11N3O2S3/c1-6(17)10-14-9(4-19-10)12-15-8(5-20-12)11-13-7(2-16)3-18-11/h3-6,16-17H,2H2,1H3/t6-/m1/s1. The molecular weight excluding hydrogens is 314 g/mol. The second-order valence-electron chi connectivity index (χ2n) is 4.09. The minimum absolute atomic E-state index is 0.0582. The van der Waals surface area contributed by atoms with Crippen LogP contribution in [0.3, 0.4) is 0 Å². The second-order valence-corrected chi connectivity index (χ2v) is 6.69. The summed E-state index contributed by atoms with van der Waals surface area (Å²) < 4.78 is 0. The Kier molecular flexibility index (Phi) is 3.90. The normalized spacial score (nSPS) is 12.8. The Hall–Kier alpha value is -1.19. The zero-order valence-electron chi connectivity index (χ0n) is 10.5.